The number of amides is 1. The van der Waals surface area contributed by atoms with E-state index in [1.54, 1.807) is 0 Å². The highest BCUT2D eigenvalue weighted by Gasteiger charge is 2.27. The van der Waals surface area contributed by atoms with E-state index in [1.807, 2.05) is 0 Å². The van der Waals surface area contributed by atoms with Crippen molar-refractivity contribution >= 4 is 44.3 Å². The second-order valence-electron chi connectivity index (χ2n) is 2.39. The van der Waals surface area contributed by atoms with Crippen LogP contribution in [-0.4, -0.2) is 46.1 Å². The lowest BCUT2D eigenvalue weighted by Crippen LogP contribution is -2.33. The van der Waals surface area contributed by atoms with Crippen LogP contribution in [-0.2, 0) is 14.9 Å². The first-order valence-corrected chi connectivity index (χ1v) is 6.33. The summed E-state index contributed by atoms with van der Waals surface area (Å²) >= 11 is 5.99. The summed E-state index contributed by atoms with van der Waals surface area (Å²) in [5.74, 6) is -0.428. The molecule has 1 aliphatic heterocycles. The summed E-state index contributed by atoms with van der Waals surface area (Å²) in [7, 11) is -4.02. The van der Waals surface area contributed by atoms with E-state index in [9.17, 15) is 13.2 Å². The topological polar surface area (TPSA) is 74.7 Å². The summed E-state index contributed by atoms with van der Waals surface area (Å²) in [4.78, 5) is 12.2. The van der Waals surface area contributed by atoms with Crippen LogP contribution in [0.15, 0.2) is 0 Å². The van der Waals surface area contributed by atoms with Gasteiger partial charge >= 0.3 is 0 Å². The highest BCUT2D eigenvalue weighted by atomic mass is 32.2. The van der Waals surface area contributed by atoms with E-state index in [2.05, 4.69) is 0 Å². The Morgan fingerprint density at radius 2 is 2.23 bits per heavy atom. The Bertz CT molecular complexity index is 320. The molecule has 0 aromatic heterocycles. The lowest BCUT2D eigenvalue weighted by Gasteiger charge is -2.12. The monoisotopic (exact) mass is 241 g/mol. The third-order valence-corrected chi connectivity index (χ3v) is 3.54. The van der Waals surface area contributed by atoms with Crippen molar-refractivity contribution in [1.82, 2.24) is 4.90 Å². The molecule has 8 heteroatoms. The molecular weight excluding hydrogens is 234 g/mol. The summed E-state index contributed by atoms with van der Waals surface area (Å²) < 4.78 is 29.5. The van der Waals surface area contributed by atoms with Gasteiger partial charge in [-0.2, -0.15) is 8.42 Å². The van der Waals surface area contributed by atoms with Gasteiger partial charge in [-0.15, -0.1) is 0 Å². The minimum atomic E-state index is -4.02. The van der Waals surface area contributed by atoms with Crippen molar-refractivity contribution in [2.45, 2.75) is 0 Å². The van der Waals surface area contributed by atoms with E-state index in [0.717, 1.165) is 0 Å². The van der Waals surface area contributed by atoms with Crippen molar-refractivity contribution < 1.29 is 17.8 Å². The van der Waals surface area contributed by atoms with Gasteiger partial charge in [-0.25, -0.2) is 0 Å². The molecule has 0 radical (unpaired) electrons. The summed E-state index contributed by atoms with van der Waals surface area (Å²) in [5, 5.41) is 0. The van der Waals surface area contributed by atoms with Crippen LogP contribution >= 0.6 is 24.0 Å². The van der Waals surface area contributed by atoms with Crippen molar-refractivity contribution in [2.24, 2.45) is 0 Å². The van der Waals surface area contributed by atoms with Crippen molar-refractivity contribution in [3.63, 3.8) is 0 Å². The van der Waals surface area contributed by atoms with Crippen LogP contribution in [0, 0.1) is 0 Å². The molecule has 74 valence electrons. The van der Waals surface area contributed by atoms with Gasteiger partial charge in [0.25, 0.3) is 10.1 Å². The highest BCUT2D eigenvalue weighted by molar-refractivity contribution is 8.23. The van der Waals surface area contributed by atoms with Gasteiger partial charge in [-0.3, -0.25) is 14.2 Å². The number of thiocarbonyl (C=S) groups is 1. The molecule has 1 saturated heterocycles. The van der Waals surface area contributed by atoms with E-state index >= 15 is 0 Å². The Balaban J connectivity index is 2.54. The maximum Gasteiger partial charge on any atom is 0.266 e. The average Bonchev–Trinajstić information content (AvgIpc) is 2.27. The lowest BCUT2D eigenvalue weighted by atomic mass is 10.5. The third-order valence-electron chi connectivity index (χ3n) is 1.41. The van der Waals surface area contributed by atoms with Crippen molar-refractivity contribution in [3.8, 4) is 0 Å². The molecule has 0 saturated carbocycles. The van der Waals surface area contributed by atoms with Gasteiger partial charge in [0.2, 0.25) is 5.91 Å². The Labute approximate surface area is 85.2 Å². The minimum Gasteiger partial charge on any atom is -0.296 e. The Kier molecular flexibility index (Phi) is 3.28. The number of hydrogen-bond donors (Lipinski definition) is 1. The molecule has 13 heavy (non-hydrogen) atoms. The first-order valence-electron chi connectivity index (χ1n) is 3.32. The van der Waals surface area contributed by atoms with Crippen molar-refractivity contribution in [1.29, 1.82) is 0 Å². The molecule has 1 rings (SSSR count). The van der Waals surface area contributed by atoms with E-state index in [0.29, 0.717) is 4.32 Å². The molecule has 0 atom stereocenters. The fourth-order valence-corrected chi connectivity index (χ4v) is 2.34. The molecule has 0 unspecified atom stereocenters. The standard InChI is InChI=1S/C5H7NO4S3/c7-4-3-12-5(11)6(4)1-2-13(8,9)10/h1-3H2,(H,8,9,10). The fraction of sp³-hybridized carbons (Fsp3) is 0.600. The van der Waals surface area contributed by atoms with E-state index < -0.39 is 15.9 Å². The van der Waals surface area contributed by atoms with Gasteiger partial charge in [0.05, 0.1) is 11.5 Å². The number of nitrogens with zero attached hydrogens (tertiary/aromatic N) is 1. The molecule has 0 aromatic rings. The van der Waals surface area contributed by atoms with Gasteiger partial charge in [0, 0.05) is 6.54 Å². The van der Waals surface area contributed by atoms with Gasteiger partial charge in [-0.05, 0) is 0 Å². The van der Waals surface area contributed by atoms with E-state index in [-0.39, 0.29) is 18.2 Å². The smallest absolute Gasteiger partial charge is 0.266 e. The third kappa shape index (κ3) is 3.22. The van der Waals surface area contributed by atoms with Crippen molar-refractivity contribution in [3.05, 3.63) is 0 Å². The number of rotatable bonds is 3. The lowest BCUT2D eigenvalue weighted by molar-refractivity contribution is -0.123. The highest BCUT2D eigenvalue weighted by Crippen LogP contribution is 2.18. The second kappa shape index (κ2) is 3.91. The van der Waals surface area contributed by atoms with Gasteiger partial charge in [0.15, 0.2) is 0 Å². The molecule has 1 amide bonds. The second-order valence-corrected chi connectivity index (χ2v) is 5.57. The fourth-order valence-electron chi connectivity index (χ4n) is 0.804. The first kappa shape index (κ1) is 10.9. The summed E-state index contributed by atoms with van der Waals surface area (Å²) in [6.45, 7) is -0.0660. The quantitative estimate of drug-likeness (QED) is 0.542. The molecule has 1 N–H and O–H groups in total. The Hall–Kier alpha value is -0.180. The zero-order valence-corrected chi connectivity index (χ0v) is 8.91. The van der Waals surface area contributed by atoms with E-state index in [1.165, 1.54) is 16.7 Å². The molecule has 1 aliphatic rings. The van der Waals surface area contributed by atoms with Crippen LogP contribution in [0.5, 0.6) is 0 Å². The summed E-state index contributed by atoms with van der Waals surface area (Å²) in [6.07, 6.45) is 0. The number of carbonyl (C=O) groups excluding carboxylic acids is 1. The SMILES string of the molecule is O=C1CSC(=S)N1CCS(=O)(=O)O. The zero-order chi connectivity index (χ0) is 10.1. The van der Waals surface area contributed by atoms with Crippen LogP contribution in [0.4, 0.5) is 0 Å². The molecule has 1 fully saturated rings. The minimum absolute atomic E-state index is 0.0660. The van der Waals surface area contributed by atoms with Gasteiger partial charge in [0.1, 0.15) is 4.32 Å². The maximum absolute atomic E-state index is 11.0. The molecule has 0 aliphatic carbocycles. The average molecular weight is 241 g/mol. The molecular formula is C5H7NO4S3. The molecule has 1 heterocycles. The molecule has 0 aromatic carbocycles. The van der Waals surface area contributed by atoms with Gasteiger partial charge in [-0.1, -0.05) is 24.0 Å². The summed E-state index contributed by atoms with van der Waals surface area (Å²) in [6, 6.07) is 0. The largest absolute Gasteiger partial charge is 0.296 e. The first-order chi connectivity index (χ1) is 5.90. The molecule has 0 bridgehead atoms. The van der Waals surface area contributed by atoms with Gasteiger partial charge < -0.3 is 0 Å². The normalized spacial score (nSPS) is 18.4. The number of hydrogen-bond acceptors (Lipinski definition) is 5. The zero-order valence-electron chi connectivity index (χ0n) is 6.47. The Morgan fingerprint density at radius 1 is 1.62 bits per heavy atom. The van der Waals surface area contributed by atoms with Crippen LogP contribution in [0.1, 0.15) is 0 Å². The molecule has 0 spiro atoms. The summed E-state index contributed by atoms with van der Waals surface area (Å²) in [5.41, 5.74) is 0. The predicted molar refractivity (Wildman–Crippen MR) is 53.2 cm³/mol. The van der Waals surface area contributed by atoms with E-state index in [4.69, 9.17) is 16.8 Å². The van der Waals surface area contributed by atoms with Crippen molar-refractivity contribution in [2.75, 3.05) is 18.1 Å². The predicted octanol–water partition coefficient (Wildman–Crippen LogP) is -0.265. The van der Waals surface area contributed by atoms with Crippen LogP contribution in [0.25, 0.3) is 0 Å². The number of thioether (sulfide) groups is 1. The molecule has 5 nitrogen and oxygen atoms in total. The maximum atomic E-state index is 11.0. The van der Waals surface area contributed by atoms with Crippen LogP contribution in [0.2, 0.25) is 0 Å². The number of carbonyl (C=O) groups is 1. The Morgan fingerprint density at radius 3 is 2.62 bits per heavy atom. The van der Waals surface area contributed by atoms with Crippen LogP contribution in [0.3, 0.4) is 0 Å². The van der Waals surface area contributed by atoms with Crippen LogP contribution < -0.4 is 0 Å².